The minimum absolute atomic E-state index is 0.295. The van der Waals surface area contributed by atoms with Crippen LogP contribution in [0.15, 0.2) is 30.3 Å². The number of aliphatic hydroxyl groups excluding tert-OH is 1. The summed E-state index contributed by atoms with van der Waals surface area (Å²) in [5, 5.41) is 9.64. The number of hydrogen-bond acceptors (Lipinski definition) is 5. The lowest BCUT2D eigenvalue weighted by Gasteiger charge is -2.21. The molecule has 0 amide bonds. The lowest BCUT2D eigenvalue weighted by molar-refractivity contribution is -0.146. The standard InChI is InChI=1S/C14H19NO4/c1-18-14(17)13-9-11(16)10-15(13)7-8-19-12-5-3-2-4-6-12/h2-6,11,13,16H,7-10H2,1H3. The number of methoxy groups -OCH3 is 1. The average molecular weight is 265 g/mol. The van der Waals surface area contributed by atoms with Crippen molar-refractivity contribution in [3.63, 3.8) is 0 Å². The molecule has 1 saturated heterocycles. The van der Waals surface area contributed by atoms with Gasteiger partial charge in [0.15, 0.2) is 0 Å². The van der Waals surface area contributed by atoms with Gasteiger partial charge in [0.2, 0.25) is 0 Å². The van der Waals surface area contributed by atoms with Gasteiger partial charge in [0.1, 0.15) is 18.4 Å². The SMILES string of the molecule is COC(=O)C1CC(O)CN1CCOc1ccccc1. The largest absolute Gasteiger partial charge is 0.492 e. The number of carbonyl (C=O) groups excluding carboxylic acids is 1. The molecule has 2 rings (SSSR count). The Labute approximate surface area is 112 Å². The summed E-state index contributed by atoms with van der Waals surface area (Å²) in [5.74, 6) is 0.508. The molecule has 5 heteroatoms. The van der Waals surface area contributed by atoms with Crippen molar-refractivity contribution in [2.75, 3.05) is 26.8 Å². The van der Waals surface area contributed by atoms with E-state index in [0.717, 1.165) is 5.75 Å². The number of esters is 1. The third kappa shape index (κ3) is 3.68. The van der Waals surface area contributed by atoms with Crippen molar-refractivity contribution in [3.8, 4) is 5.75 Å². The molecule has 1 aromatic rings. The number of carbonyl (C=O) groups is 1. The van der Waals surface area contributed by atoms with Crippen molar-refractivity contribution in [1.82, 2.24) is 4.90 Å². The van der Waals surface area contributed by atoms with Crippen molar-refractivity contribution in [3.05, 3.63) is 30.3 Å². The number of β-amino-alcohol motifs (C(OH)–C–C–N with tert-alkyl or cyclic N) is 1. The Bertz CT molecular complexity index is 409. The molecule has 0 aromatic heterocycles. The van der Waals surface area contributed by atoms with Gasteiger partial charge < -0.3 is 14.6 Å². The smallest absolute Gasteiger partial charge is 0.323 e. The number of ether oxygens (including phenoxy) is 2. The minimum atomic E-state index is -0.471. The fourth-order valence-electron chi connectivity index (χ4n) is 2.31. The topological polar surface area (TPSA) is 59.0 Å². The molecule has 1 aromatic carbocycles. The summed E-state index contributed by atoms with van der Waals surface area (Å²) < 4.78 is 10.3. The second-order valence-corrected chi connectivity index (χ2v) is 4.58. The van der Waals surface area contributed by atoms with Gasteiger partial charge in [-0.1, -0.05) is 18.2 Å². The second kappa shape index (κ2) is 6.54. The molecule has 0 aliphatic carbocycles. The van der Waals surface area contributed by atoms with E-state index in [4.69, 9.17) is 9.47 Å². The Morgan fingerprint density at radius 2 is 2.16 bits per heavy atom. The van der Waals surface area contributed by atoms with E-state index >= 15 is 0 Å². The van der Waals surface area contributed by atoms with Crippen LogP contribution in [0, 0.1) is 0 Å². The molecule has 1 aliphatic rings. The van der Waals surface area contributed by atoms with Gasteiger partial charge in [0.05, 0.1) is 13.2 Å². The Morgan fingerprint density at radius 3 is 2.84 bits per heavy atom. The maximum atomic E-state index is 11.6. The van der Waals surface area contributed by atoms with E-state index in [0.29, 0.717) is 26.1 Å². The highest BCUT2D eigenvalue weighted by atomic mass is 16.5. The van der Waals surface area contributed by atoms with E-state index in [1.807, 2.05) is 35.2 Å². The summed E-state index contributed by atoms with van der Waals surface area (Å²) in [7, 11) is 1.37. The fraction of sp³-hybridized carbons (Fsp3) is 0.500. The molecule has 0 saturated carbocycles. The van der Waals surface area contributed by atoms with E-state index in [1.54, 1.807) is 0 Å². The first-order valence-electron chi connectivity index (χ1n) is 6.38. The Kier molecular flexibility index (Phi) is 4.76. The first kappa shape index (κ1) is 13.8. The molecule has 0 radical (unpaired) electrons. The van der Waals surface area contributed by atoms with Crippen LogP contribution < -0.4 is 4.74 Å². The molecule has 104 valence electrons. The molecule has 2 unspecified atom stereocenters. The summed E-state index contributed by atoms with van der Waals surface area (Å²) in [6.45, 7) is 1.55. The van der Waals surface area contributed by atoms with E-state index in [1.165, 1.54) is 7.11 Å². The van der Waals surface area contributed by atoms with Gasteiger partial charge in [0, 0.05) is 19.5 Å². The third-order valence-electron chi connectivity index (χ3n) is 3.25. The summed E-state index contributed by atoms with van der Waals surface area (Å²) in [4.78, 5) is 13.5. The van der Waals surface area contributed by atoms with Gasteiger partial charge >= 0.3 is 5.97 Å². The van der Waals surface area contributed by atoms with Gasteiger partial charge in [0.25, 0.3) is 0 Å². The fourth-order valence-corrected chi connectivity index (χ4v) is 2.31. The predicted molar refractivity (Wildman–Crippen MR) is 69.9 cm³/mol. The van der Waals surface area contributed by atoms with Crippen LogP contribution >= 0.6 is 0 Å². The monoisotopic (exact) mass is 265 g/mol. The molecular formula is C14H19NO4. The maximum absolute atomic E-state index is 11.6. The van der Waals surface area contributed by atoms with Crippen LogP contribution in [0.2, 0.25) is 0 Å². The van der Waals surface area contributed by atoms with Crippen LogP contribution in [0.1, 0.15) is 6.42 Å². The molecule has 0 spiro atoms. The number of benzene rings is 1. The highest BCUT2D eigenvalue weighted by molar-refractivity contribution is 5.76. The normalized spacial score (nSPS) is 23.3. The van der Waals surface area contributed by atoms with E-state index in [-0.39, 0.29) is 12.0 Å². The van der Waals surface area contributed by atoms with Crippen molar-refractivity contribution in [2.24, 2.45) is 0 Å². The zero-order valence-electron chi connectivity index (χ0n) is 11.0. The van der Waals surface area contributed by atoms with Crippen LogP contribution in [0.4, 0.5) is 0 Å². The van der Waals surface area contributed by atoms with Crippen molar-refractivity contribution < 1.29 is 19.4 Å². The molecule has 19 heavy (non-hydrogen) atoms. The summed E-state index contributed by atoms with van der Waals surface area (Å²) in [6, 6.07) is 9.15. The van der Waals surface area contributed by atoms with Gasteiger partial charge in [-0.2, -0.15) is 0 Å². The first-order chi connectivity index (χ1) is 9.20. The lowest BCUT2D eigenvalue weighted by atomic mass is 10.2. The van der Waals surface area contributed by atoms with Gasteiger partial charge in [-0.25, -0.2) is 0 Å². The summed E-state index contributed by atoms with van der Waals surface area (Å²) in [5.41, 5.74) is 0. The molecule has 1 fully saturated rings. The number of hydrogen-bond donors (Lipinski definition) is 1. The van der Waals surface area contributed by atoms with Crippen LogP contribution in [0.5, 0.6) is 5.75 Å². The summed E-state index contributed by atoms with van der Waals surface area (Å²) in [6.07, 6.45) is -0.0429. The number of rotatable bonds is 5. The highest BCUT2D eigenvalue weighted by Gasteiger charge is 2.36. The number of nitrogens with zero attached hydrogens (tertiary/aromatic N) is 1. The highest BCUT2D eigenvalue weighted by Crippen LogP contribution is 2.18. The third-order valence-corrected chi connectivity index (χ3v) is 3.25. The van der Waals surface area contributed by atoms with Crippen LogP contribution in [0.25, 0.3) is 0 Å². The Hall–Kier alpha value is -1.59. The van der Waals surface area contributed by atoms with Gasteiger partial charge in [-0.3, -0.25) is 9.69 Å². The lowest BCUT2D eigenvalue weighted by Crippen LogP contribution is -2.39. The van der Waals surface area contributed by atoms with E-state index in [9.17, 15) is 9.90 Å². The van der Waals surface area contributed by atoms with Crippen LogP contribution in [-0.4, -0.2) is 54.9 Å². The molecule has 2 atom stereocenters. The molecular weight excluding hydrogens is 246 g/mol. The molecule has 1 heterocycles. The van der Waals surface area contributed by atoms with E-state index < -0.39 is 6.10 Å². The zero-order valence-corrected chi connectivity index (χ0v) is 11.0. The molecule has 1 N–H and O–H groups in total. The average Bonchev–Trinajstić information content (AvgIpc) is 2.80. The summed E-state index contributed by atoms with van der Waals surface area (Å²) >= 11 is 0. The molecule has 1 aliphatic heterocycles. The number of aliphatic hydroxyl groups is 1. The Morgan fingerprint density at radius 1 is 1.42 bits per heavy atom. The number of para-hydroxylation sites is 1. The maximum Gasteiger partial charge on any atom is 0.323 e. The van der Waals surface area contributed by atoms with Crippen molar-refractivity contribution in [1.29, 1.82) is 0 Å². The first-order valence-corrected chi connectivity index (χ1v) is 6.38. The minimum Gasteiger partial charge on any atom is -0.492 e. The van der Waals surface area contributed by atoms with Crippen LogP contribution in [-0.2, 0) is 9.53 Å². The van der Waals surface area contributed by atoms with Crippen LogP contribution in [0.3, 0.4) is 0 Å². The quantitative estimate of drug-likeness (QED) is 0.793. The number of likely N-dealkylation sites (tertiary alicyclic amines) is 1. The van der Waals surface area contributed by atoms with Gasteiger partial charge in [-0.05, 0) is 12.1 Å². The molecule has 5 nitrogen and oxygen atoms in total. The predicted octanol–water partition coefficient (Wildman–Crippen LogP) is 0.674. The molecule has 0 bridgehead atoms. The van der Waals surface area contributed by atoms with E-state index in [2.05, 4.69) is 0 Å². The Balaban J connectivity index is 1.82. The second-order valence-electron chi connectivity index (χ2n) is 4.58. The van der Waals surface area contributed by atoms with Crippen molar-refractivity contribution in [2.45, 2.75) is 18.6 Å². The van der Waals surface area contributed by atoms with Crippen molar-refractivity contribution >= 4 is 5.97 Å². The van der Waals surface area contributed by atoms with Gasteiger partial charge in [-0.15, -0.1) is 0 Å². The zero-order chi connectivity index (χ0) is 13.7.